The van der Waals surface area contributed by atoms with E-state index >= 15 is 0 Å². The average Bonchev–Trinajstić information content (AvgIpc) is 2.01. The van der Waals surface area contributed by atoms with Crippen LogP contribution in [0.5, 0.6) is 0 Å². The molecule has 2 heteroatoms. The largest absolute Gasteiger partial charge is 0.548 e. The number of rotatable bonds is 3. The average molecular weight is 196 g/mol. The van der Waals surface area contributed by atoms with E-state index in [1.54, 1.807) is 0 Å². The fourth-order valence-corrected chi connectivity index (χ4v) is 2.54. The third-order valence-corrected chi connectivity index (χ3v) is 2.98. The predicted octanol–water partition coefficient (Wildman–Crippen LogP) is 3.71. The van der Waals surface area contributed by atoms with Gasteiger partial charge in [0.25, 0.3) is 0 Å². The fourth-order valence-electron chi connectivity index (χ4n) is 1.58. The van der Waals surface area contributed by atoms with Crippen LogP contribution in [0.15, 0.2) is 24.5 Å². The van der Waals surface area contributed by atoms with E-state index < -0.39 is 8.32 Å². The van der Waals surface area contributed by atoms with Crippen LogP contribution in [0, 0.1) is 5.92 Å². The maximum atomic E-state index is 5.96. The molecule has 1 atom stereocenters. The van der Waals surface area contributed by atoms with Crippen molar-refractivity contribution in [1.29, 1.82) is 0 Å². The first-order valence-corrected chi connectivity index (χ1v) is 8.44. The monoisotopic (exact) mass is 196 g/mol. The van der Waals surface area contributed by atoms with Crippen LogP contribution in [0.1, 0.15) is 19.3 Å². The van der Waals surface area contributed by atoms with Crippen molar-refractivity contribution in [3.63, 3.8) is 0 Å². The first kappa shape index (κ1) is 10.6. The van der Waals surface area contributed by atoms with Gasteiger partial charge in [-0.2, -0.15) is 0 Å². The SMILES string of the molecule is C=C[C@@H]1C=C(O[Si](C)(C)C)CCC1. The highest BCUT2D eigenvalue weighted by molar-refractivity contribution is 6.70. The summed E-state index contributed by atoms with van der Waals surface area (Å²) in [6.07, 6.45) is 7.87. The van der Waals surface area contributed by atoms with Gasteiger partial charge in [-0.05, 0) is 44.5 Å². The maximum absolute atomic E-state index is 5.96. The quantitative estimate of drug-likeness (QED) is 0.494. The van der Waals surface area contributed by atoms with Crippen molar-refractivity contribution >= 4 is 8.32 Å². The summed E-state index contributed by atoms with van der Waals surface area (Å²) in [4.78, 5) is 0. The van der Waals surface area contributed by atoms with Gasteiger partial charge < -0.3 is 4.43 Å². The van der Waals surface area contributed by atoms with Crippen molar-refractivity contribution in [2.45, 2.75) is 38.9 Å². The van der Waals surface area contributed by atoms with E-state index in [0.717, 1.165) is 6.42 Å². The standard InChI is InChI=1S/C11H20OSi/c1-5-10-7-6-8-11(9-10)12-13(2,3)4/h5,9-10H,1,6-8H2,2-4H3/t10-/m0/s1. The van der Waals surface area contributed by atoms with Gasteiger partial charge in [-0.15, -0.1) is 6.58 Å². The normalized spacial score (nSPS) is 23.6. The molecule has 0 fully saturated rings. The summed E-state index contributed by atoms with van der Waals surface area (Å²) in [5, 5.41) is 0. The van der Waals surface area contributed by atoms with Crippen molar-refractivity contribution in [2.24, 2.45) is 5.92 Å². The molecular weight excluding hydrogens is 176 g/mol. The minimum Gasteiger partial charge on any atom is -0.548 e. The molecule has 0 saturated carbocycles. The summed E-state index contributed by atoms with van der Waals surface area (Å²) in [5.74, 6) is 1.75. The molecule has 1 nitrogen and oxygen atoms in total. The summed E-state index contributed by atoms with van der Waals surface area (Å²) >= 11 is 0. The topological polar surface area (TPSA) is 9.23 Å². The van der Waals surface area contributed by atoms with Gasteiger partial charge in [-0.25, -0.2) is 0 Å². The first-order valence-electron chi connectivity index (χ1n) is 5.03. The molecule has 1 aliphatic carbocycles. The van der Waals surface area contributed by atoms with Gasteiger partial charge >= 0.3 is 0 Å². The molecule has 0 bridgehead atoms. The predicted molar refractivity (Wildman–Crippen MR) is 60.1 cm³/mol. The molecule has 0 N–H and O–H groups in total. The van der Waals surface area contributed by atoms with Crippen LogP contribution in [0.3, 0.4) is 0 Å². The summed E-state index contributed by atoms with van der Waals surface area (Å²) in [5.41, 5.74) is 0. The van der Waals surface area contributed by atoms with Gasteiger partial charge in [-0.1, -0.05) is 6.08 Å². The van der Waals surface area contributed by atoms with Crippen molar-refractivity contribution in [3.8, 4) is 0 Å². The number of hydrogen-bond donors (Lipinski definition) is 0. The van der Waals surface area contributed by atoms with Gasteiger partial charge in [-0.3, -0.25) is 0 Å². The fraction of sp³-hybridized carbons (Fsp3) is 0.636. The van der Waals surface area contributed by atoms with E-state index in [9.17, 15) is 0 Å². The second kappa shape index (κ2) is 4.14. The first-order chi connectivity index (χ1) is 6.01. The summed E-state index contributed by atoms with van der Waals surface area (Å²) in [6, 6.07) is 0. The number of allylic oxidation sites excluding steroid dienone is 3. The van der Waals surface area contributed by atoms with E-state index in [2.05, 4.69) is 32.3 Å². The molecular formula is C11H20OSi. The molecule has 0 aromatic heterocycles. The molecule has 0 spiro atoms. The van der Waals surface area contributed by atoms with Crippen molar-refractivity contribution in [1.82, 2.24) is 0 Å². The molecule has 0 amide bonds. The van der Waals surface area contributed by atoms with Crippen LogP contribution in [0.2, 0.25) is 19.6 Å². The zero-order valence-corrected chi connectivity index (χ0v) is 9.97. The second-order valence-electron chi connectivity index (χ2n) is 4.64. The zero-order chi connectivity index (χ0) is 9.90. The van der Waals surface area contributed by atoms with E-state index in [1.807, 2.05) is 6.08 Å². The highest BCUT2D eigenvalue weighted by atomic mass is 28.4. The van der Waals surface area contributed by atoms with Gasteiger partial charge in [0.15, 0.2) is 0 Å². The van der Waals surface area contributed by atoms with Gasteiger partial charge in [0.05, 0.1) is 5.76 Å². The van der Waals surface area contributed by atoms with Crippen LogP contribution < -0.4 is 0 Å². The minimum absolute atomic E-state index is 0.542. The Labute approximate surface area is 82.6 Å². The molecule has 0 saturated heterocycles. The second-order valence-corrected chi connectivity index (χ2v) is 9.07. The Hall–Kier alpha value is -0.503. The smallest absolute Gasteiger partial charge is 0.241 e. The van der Waals surface area contributed by atoms with Crippen molar-refractivity contribution in [3.05, 3.63) is 24.5 Å². The highest BCUT2D eigenvalue weighted by Gasteiger charge is 2.20. The molecule has 0 aliphatic heterocycles. The summed E-state index contributed by atoms with van der Waals surface area (Å²) in [6.45, 7) is 10.5. The zero-order valence-electron chi connectivity index (χ0n) is 8.97. The van der Waals surface area contributed by atoms with E-state index in [-0.39, 0.29) is 0 Å². The summed E-state index contributed by atoms with van der Waals surface area (Å²) in [7, 11) is -1.39. The van der Waals surface area contributed by atoms with Crippen LogP contribution >= 0.6 is 0 Å². The Kier molecular flexibility index (Phi) is 3.37. The molecule has 0 unspecified atom stereocenters. The van der Waals surface area contributed by atoms with Crippen LogP contribution in [0.25, 0.3) is 0 Å². The Morgan fingerprint density at radius 2 is 2.23 bits per heavy atom. The lowest BCUT2D eigenvalue weighted by Gasteiger charge is -2.26. The lowest BCUT2D eigenvalue weighted by molar-refractivity contribution is 0.369. The third-order valence-electron chi connectivity index (χ3n) is 2.10. The minimum atomic E-state index is -1.39. The lowest BCUT2D eigenvalue weighted by atomic mass is 9.95. The van der Waals surface area contributed by atoms with Gasteiger partial charge in [0, 0.05) is 6.42 Å². The molecule has 0 radical (unpaired) electrons. The molecule has 0 heterocycles. The Morgan fingerprint density at radius 3 is 2.77 bits per heavy atom. The van der Waals surface area contributed by atoms with Gasteiger partial charge in [0.1, 0.15) is 0 Å². The van der Waals surface area contributed by atoms with E-state index in [0.29, 0.717) is 5.92 Å². The Morgan fingerprint density at radius 1 is 1.54 bits per heavy atom. The molecule has 0 aromatic rings. The Bertz CT molecular complexity index is 213. The Balaban J connectivity index is 2.58. The van der Waals surface area contributed by atoms with Crippen molar-refractivity contribution in [2.75, 3.05) is 0 Å². The van der Waals surface area contributed by atoms with Crippen LogP contribution in [-0.4, -0.2) is 8.32 Å². The van der Waals surface area contributed by atoms with Crippen LogP contribution in [-0.2, 0) is 4.43 Å². The molecule has 1 aliphatic rings. The molecule has 1 rings (SSSR count). The molecule has 0 aromatic carbocycles. The molecule has 13 heavy (non-hydrogen) atoms. The molecule has 74 valence electrons. The lowest BCUT2D eigenvalue weighted by Crippen LogP contribution is -2.25. The van der Waals surface area contributed by atoms with E-state index in [4.69, 9.17) is 4.43 Å². The number of hydrogen-bond acceptors (Lipinski definition) is 1. The van der Waals surface area contributed by atoms with E-state index in [1.165, 1.54) is 18.6 Å². The van der Waals surface area contributed by atoms with Crippen molar-refractivity contribution < 1.29 is 4.43 Å². The van der Waals surface area contributed by atoms with Crippen LogP contribution in [0.4, 0.5) is 0 Å². The highest BCUT2D eigenvalue weighted by Crippen LogP contribution is 2.26. The maximum Gasteiger partial charge on any atom is 0.241 e. The summed E-state index contributed by atoms with van der Waals surface area (Å²) < 4.78 is 5.96. The van der Waals surface area contributed by atoms with Gasteiger partial charge in [0.2, 0.25) is 8.32 Å². The third kappa shape index (κ3) is 3.81.